The summed E-state index contributed by atoms with van der Waals surface area (Å²) in [5, 5.41) is 3.42. The molecule has 0 aliphatic heterocycles. The summed E-state index contributed by atoms with van der Waals surface area (Å²) in [7, 11) is 1.68. The molecule has 0 spiro atoms. The van der Waals surface area contributed by atoms with E-state index in [1.165, 1.54) is 11.1 Å². The highest BCUT2D eigenvalue weighted by Crippen LogP contribution is 2.32. The van der Waals surface area contributed by atoms with Crippen LogP contribution < -0.4 is 10.1 Å². The molecule has 0 amide bonds. The molecule has 24 heavy (non-hydrogen) atoms. The second-order valence-corrected chi connectivity index (χ2v) is 6.43. The molecule has 0 heterocycles. The lowest BCUT2D eigenvalue weighted by atomic mass is 9.78. The third-order valence-corrected chi connectivity index (χ3v) is 4.46. The molecule has 0 unspecified atom stereocenters. The van der Waals surface area contributed by atoms with Gasteiger partial charge in [0.2, 0.25) is 0 Å². The molecule has 0 aliphatic rings. The van der Waals surface area contributed by atoms with Gasteiger partial charge in [0.1, 0.15) is 5.75 Å². The molecule has 122 valence electrons. The van der Waals surface area contributed by atoms with Crippen LogP contribution in [0, 0.1) is 0 Å². The van der Waals surface area contributed by atoms with Crippen LogP contribution in [0.5, 0.6) is 5.75 Å². The van der Waals surface area contributed by atoms with Crippen molar-refractivity contribution < 1.29 is 4.74 Å². The molecule has 3 aromatic rings. The number of hydrogen-bond donors (Lipinski definition) is 1. The number of hydrogen-bond acceptors (Lipinski definition) is 2. The Kier molecular flexibility index (Phi) is 4.57. The van der Waals surface area contributed by atoms with Crippen molar-refractivity contribution in [1.82, 2.24) is 0 Å². The van der Waals surface area contributed by atoms with E-state index in [0.29, 0.717) is 0 Å². The van der Waals surface area contributed by atoms with Crippen molar-refractivity contribution in [3.05, 3.63) is 90.0 Å². The van der Waals surface area contributed by atoms with Gasteiger partial charge in [-0.25, -0.2) is 0 Å². The first-order valence-electron chi connectivity index (χ1n) is 8.17. The summed E-state index contributed by atoms with van der Waals surface area (Å²) < 4.78 is 5.27. The Hall–Kier alpha value is -2.74. The van der Waals surface area contributed by atoms with Crippen molar-refractivity contribution in [3.8, 4) is 5.75 Å². The van der Waals surface area contributed by atoms with E-state index in [9.17, 15) is 0 Å². The van der Waals surface area contributed by atoms with E-state index in [1.54, 1.807) is 7.11 Å². The molecule has 0 bridgehead atoms. The van der Waals surface area contributed by atoms with Gasteiger partial charge in [0.15, 0.2) is 0 Å². The van der Waals surface area contributed by atoms with E-state index in [0.717, 1.165) is 17.1 Å². The van der Waals surface area contributed by atoms with E-state index < -0.39 is 0 Å². The average molecular weight is 317 g/mol. The average Bonchev–Trinajstić information content (AvgIpc) is 2.63. The zero-order valence-corrected chi connectivity index (χ0v) is 14.4. The molecule has 0 radical (unpaired) electrons. The Morgan fingerprint density at radius 2 is 1.38 bits per heavy atom. The largest absolute Gasteiger partial charge is 0.497 e. The third kappa shape index (κ3) is 3.43. The topological polar surface area (TPSA) is 21.3 Å². The molecule has 0 fully saturated rings. The summed E-state index contributed by atoms with van der Waals surface area (Å²) in [5.74, 6) is 0.849. The number of ether oxygens (including phenoxy) is 1. The highest BCUT2D eigenvalue weighted by Gasteiger charge is 2.22. The van der Waals surface area contributed by atoms with Crippen LogP contribution in [0.1, 0.15) is 25.0 Å². The van der Waals surface area contributed by atoms with Gasteiger partial charge in [-0.15, -0.1) is 0 Å². The molecule has 1 N–H and O–H groups in total. The van der Waals surface area contributed by atoms with Crippen LogP contribution in [0.15, 0.2) is 78.9 Å². The fourth-order valence-corrected chi connectivity index (χ4v) is 2.86. The molecule has 2 nitrogen and oxygen atoms in total. The lowest BCUT2D eigenvalue weighted by Crippen LogP contribution is -2.18. The SMILES string of the molecule is COc1cccc(Nc2ccc(C(C)(C)c3ccccc3)cc2)c1. The van der Waals surface area contributed by atoms with Crippen molar-refractivity contribution >= 4 is 11.4 Å². The molecule has 0 saturated carbocycles. The molecule has 3 aromatic carbocycles. The maximum absolute atomic E-state index is 5.27. The zero-order chi connectivity index (χ0) is 17.0. The first-order valence-corrected chi connectivity index (χ1v) is 8.17. The second-order valence-electron chi connectivity index (χ2n) is 6.43. The Bertz CT molecular complexity index is 792. The molecular weight excluding hydrogens is 294 g/mol. The zero-order valence-electron chi connectivity index (χ0n) is 14.4. The maximum atomic E-state index is 5.27. The van der Waals surface area contributed by atoms with Crippen LogP contribution >= 0.6 is 0 Å². The highest BCUT2D eigenvalue weighted by molar-refractivity contribution is 5.61. The number of nitrogens with one attached hydrogen (secondary N) is 1. The minimum atomic E-state index is -0.0181. The van der Waals surface area contributed by atoms with Gasteiger partial charge in [0.25, 0.3) is 0 Å². The molecule has 0 saturated heterocycles. The van der Waals surface area contributed by atoms with Crippen molar-refractivity contribution in [2.75, 3.05) is 12.4 Å². The predicted octanol–water partition coefficient (Wildman–Crippen LogP) is 5.76. The van der Waals surface area contributed by atoms with Crippen LogP contribution in [0.3, 0.4) is 0 Å². The fourth-order valence-electron chi connectivity index (χ4n) is 2.86. The molecule has 2 heteroatoms. The van der Waals surface area contributed by atoms with Gasteiger partial charge in [0, 0.05) is 22.9 Å². The highest BCUT2D eigenvalue weighted by atomic mass is 16.5. The summed E-state index contributed by atoms with van der Waals surface area (Å²) >= 11 is 0. The minimum absolute atomic E-state index is 0.0181. The van der Waals surface area contributed by atoms with Gasteiger partial charge in [0.05, 0.1) is 7.11 Å². The number of benzene rings is 3. The number of rotatable bonds is 5. The van der Waals surface area contributed by atoms with Crippen LogP contribution in [-0.2, 0) is 5.41 Å². The smallest absolute Gasteiger partial charge is 0.120 e. The van der Waals surface area contributed by atoms with Gasteiger partial charge in [-0.3, -0.25) is 0 Å². The fraction of sp³-hybridized carbons (Fsp3) is 0.182. The van der Waals surface area contributed by atoms with Crippen LogP contribution in [0.4, 0.5) is 11.4 Å². The summed E-state index contributed by atoms with van der Waals surface area (Å²) in [6.45, 7) is 4.51. The molecule has 0 aliphatic carbocycles. The first-order chi connectivity index (χ1) is 11.6. The molecule has 0 atom stereocenters. The van der Waals surface area contributed by atoms with Gasteiger partial charge in [-0.2, -0.15) is 0 Å². The number of anilines is 2. The van der Waals surface area contributed by atoms with E-state index >= 15 is 0 Å². The van der Waals surface area contributed by atoms with E-state index in [2.05, 4.69) is 73.8 Å². The van der Waals surface area contributed by atoms with Crippen molar-refractivity contribution in [2.45, 2.75) is 19.3 Å². The quantitative estimate of drug-likeness (QED) is 0.645. The van der Waals surface area contributed by atoms with Crippen molar-refractivity contribution in [2.24, 2.45) is 0 Å². The van der Waals surface area contributed by atoms with E-state index in [4.69, 9.17) is 4.74 Å². The standard InChI is InChI=1S/C22H23NO/c1-22(2,17-8-5-4-6-9-17)18-12-14-19(15-13-18)23-20-10-7-11-21(16-20)24-3/h4-16,23H,1-3H3. The first kappa shape index (κ1) is 16.1. The Morgan fingerprint density at radius 1 is 0.708 bits per heavy atom. The van der Waals surface area contributed by atoms with Gasteiger partial charge in [-0.05, 0) is 35.4 Å². The molecule has 0 aromatic heterocycles. The maximum Gasteiger partial charge on any atom is 0.120 e. The molecule has 3 rings (SSSR count). The Balaban J connectivity index is 1.80. The summed E-state index contributed by atoms with van der Waals surface area (Å²) in [6, 6.07) is 27.2. The summed E-state index contributed by atoms with van der Waals surface area (Å²) in [4.78, 5) is 0. The monoisotopic (exact) mass is 317 g/mol. The number of methoxy groups -OCH3 is 1. The minimum Gasteiger partial charge on any atom is -0.497 e. The lowest BCUT2D eigenvalue weighted by Gasteiger charge is -2.26. The summed E-state index contributed by atoms with van der Waals surface area (Å²) in [5.41, 5.74) is 4.68. The Labute approximate surface area is 144 Å². The van der Waals surface area contributed by atoms with E-state index in [-0.39, 0.29) is 5.41 Å². The van der Waals surface area contributed by atoms with Crippen LogP contribution in [0.25, 0.3) is 0 Å². The van der Waals surface area contributed by atoms with Gasteiger partial charge < -0.3 is 10.1 Å². The lowest BCUT2D eigenvalue weighted by molar-refractivity contribution is 0.415. The van der Waals surface area contributed by atoms with Crippen molar-refractivity contribution in [1.29, 1.82) is 0 Å². The predicted molar refractivity (Wildman–Crippen MR) is 101 cm³/mol. The normalized spacial score (nSPS) is 11.1. The molecular formula is C22H23NO. The van der Waals surface area contributed by atoms with Gasteiger partial charge >= 0.3 is 0 Å². The summed E-state index contributed by atoms with van der Waals surface area (Å²) in [6.07, 6.45) is 0. The van der Waals surface area contributed by atoms with Crippen molar-refractivity contribution in [3.63, 3.8) is 0 Å². The second kappa shape index (κ2) is 6.79. The van der Waals surface area contributed by atoms with Crippen LogP contribution in [-0.4, -0.2) is 7.11 Å². The third-order valence-electron chi connectivity index (χ3n) is 4.46. The Morgan fingerprint density at radius 3 is 2.04 bits per heavy atom. The van der Waals surface area contributed by atoms with Crippen LogP contribution in [0.2, 0.25) is 0 Å². The van der Waals surface area contributed by atoms with E-state index in [1.807, 2.05) is 24.3 Å². The van der Waals surface area contributed by atoms with Gasteiger partial charge in [-0.1, -0.05) is 62.4 Å².